The average Bonchev–Trinajstić information content (AvgIpc) is 4.15. The summed E-state index contributed by atoms with van der Waals surface area (Å²) in [7, 11) is -2.86. The zero-order chi connectivity index (χ0) is 52.9. The lowest BCUT2D eigenvalue weighted by molar-refractivity contribution is 1.19. The number of benzene rings is 12. The topological polar surface area (TPSA) is 11.4 Å². The average molecular weight is 1060 g/mol. The second-order valence-corrected chi connectivity index (χ2v) is 32.9. The van der Waals surface area contributed by atoms with Crippen molar-refractivity contribution < 1.29 is 0 Å². The Bertz CT molecular complexity index is 4640. The number of hydrogen-bond donors (Lipinski definition) is 0. The molecule has 6 heteroatoms. The highest BCUT2D eigenvalue weighted by atomic mass is 32.3. The molecule has 0 spiro atoms. The number of hydrogen-bond acceptors (Lipinski definition) is 3. The SMILES string of the molecule is C[Si](C)(C)c1cccc(N(c2ccccc2)c2cc(N(c3cccc(-c4ccc5c6ccccc6n(-c6ccc7c8ccccc8c8ccccc8c7c6)c5c4)c3)c3ccc4sc5ccccc5c4c3)cc(S(C)(C)C)c2)c1. The number of aromatic nitrogens is 1. The fraction of sp³-hybridized carbons (Fsp3) is 0.0833. The Balaban J connectivity index is 0.970. The van der Waals surface area contributed by atoms with Crippen LogP contribution in [0.5, 0.6) is 0 Å². The minimum absolute atomic E-state index is 1.10. The lowest BCUT2D eigenvalue weighted by atomic mass is 9.94. The molecule has 0 aliphatic carbocycles. The van der Waals surface area contributed by atoms with E-state index in [9.17, 15) is 0 Å². The Labute approximate surface area is 463 Å². The predicted molar refractivity (Wildman–Crippen MR) is 348 cm³/mol. The molecule has 2 heterocycles. The van der Waals surface area contributed by atoms with Crippen molar-refractivity contribution in [2.75, 3.05) is 28.6 Å². The van der Waals surface area contributed by atoms with Gasteiger partial charge in [0.15, 0.2) is 0 Å². The number of anilines is 6. The van der Waals surface area contributed by atoms with Crippen LogP contribution in [0, 0.1) is 0 Å². The van der Waals surface area contributed by atoms with Crippen LogP contribution in [0.25, 0.3) is 91.1 Å². The highest BCUT2D eigenvalue weighted by molar-refractivity contribution is 8.32. The fourth-order valence-corrected chi connectivity index (χ4v) is 15.1. The quantitative estimate of drug-likeness (QED) is 0.0999. The number of nitrogens with zero attached hydrogens (tertiary/aromatic N) is 3. The molecule has 14 rings (SSSR count). The van der Waals surface area contributed by atoms with E-state index in [0.29, 0.717) is 0 Å². The van der Waals surface area contributed by atoms with Crippen LogP contribution in [0.4, 0.5) is 34.1 Å². The van der Waals surface area contributed by atoms with E-state index in [1.165, 1.54) is 90.1 Å². The fourth-order valence-electron chi connectivity index (χ4n) is 11.9. The monoisotopic (exact) mass is 1060 g/mol. The molecule has 2 aromatic heterocycles. The van der Waals surface area contributed by atoms with Crippen LogP contribution in [-0.2, 0) is 0 Å². The van der Waals surface area contributed by atoms with Gasteiger partial charge in [0.2, 0.25) is 0 Å². The molecule has 0 fully saturated rings. The Morgan fingerprint density at radius 1 is 0.333 bits per heavy atom. The third-order valence-corrected chi connectivity index (χ3v) is 20.6. The Morgan fingerprint density at radius 3 is 1.56 bits per heavy atom. The first-order valence-corrected chi connectivity index (χ1v) is 34.1. The van der Waals surface area contributed by atoms with Crippen molar-refractivity contribution in [1.82, 2.24) is 4.57 Å². The highest BCUT2D eigenvalue weighted by Gasteiger charge is 2.25. The minimum atomic E-state index is -1.64. The van der Waals surface area contributed by atoms with Crippen LogP contribution in [0.2, 0.25) is 19.6 Å². The predicted octanol–water partition coefficient (Wildman–Crippen LogP) is 20.8. The summed E-state index contributed by atoms with van der Waals surface area (Å²) in [5.74, 6) is 0. The largest absolute Gasteiger partial charge is 0.310 e. The summed E-state index contributed by atoms with van der Waals surface area (Å²) >= 11 is 1.87. The van der Waals surface area contributed by atoms with Gasteiger partial charge in [0.05, 0.1) is 19.1 Å². The summed E-state index contributed by atoms with van der Waals surface area (Å²) in [4.78, 5) is 6.32. The van der Waals surface area contributed by atoms with Gasteiger partial charge in [-0.25, -0.2) is 10.0 Å². The molecule has 0 unspecified atom stereocenters. The van der Waals surface area contributed by atoms with Gasteiger partial charge in [-0.05, 0) is 170 Å². The van der Waals surface area contributed by atoms with Crippen molar-refractivity contribution in [3.63, 3.8) is 0 Å². The van der Waals surface area contributed by atoms with Crippen LogP contribution >= 0.6 is 21.4 Å². The molecule has 0 aliphatic rings. The lowest BCUT2D eigenvalue weighted by Crippen LogP contribution is -2.37. The van der Waals surface area contributed by atoms with Gasteiger partial charge < -0.3 is 14.4 Å². The Hall–Kier alpha value is -8.39. The molecular formula is C72H59N3S2Si. The minimum Gasteiger partial charge on any atom is -0.310 e. The summed E-state index contributed by atoms with van der Waals surface area (Å²) in [5.41, 5.74) is 12.6. The van der Waals surface area contributed by atoms with E-state index in [0.717, 1.165) is 45.3 Å². The van der Waals surface area contributed by atoms with E-state index in [-0.39, 0.29) is 0 Å². The molecule has 12 aromatic carbocycles. The molecule has 3 nitrogen and oxygen atoms in total. The summed E-state index contributed by atoms with van der Waals surface area (Å²) in [5, 5.41) is 14.1. The first-order valence-electron chi connectivity index (χ1n) is 26.9. The summed E-state index contributed by atoms with van der Waals surface area (Å²) < 4.78 is 5.07. The van der Waals surface area contributed by atoms with Gasteiger partial charge in [0.25, 0.3) is 0 Å². The third kappa shape index (κ3) is 8.26. The van der Waals surface area contributed by atoms with Gasteiger partial charge in [0.1, 0.15) is 0 Å². The number of thiophene rings is 1. The van der Waals surface area contributed by atoms with Crippen LogP contribution < -0.4 is 15.0 Å². The van der Waals surface area contributed by atoms with Crippen molar-refractivity contribution in [3.8, 4) is 16.8 Å². The molecule has 14 aromatic rings. The van der Waals surface area contributed by atoms with E-state index < -0.39 is 18.1 Å². The van der Waals surface area contributed by atoms with E-state index in [1.807, 2.05) is 11.3 Å². The molecule has 0 aliphatic heterocycles. The molecule has 0 atom stereocenters. The standard InChI is InChI=1S/C72H59N3S2Si/c1-77(2,3)57-43-55(73(50-21-8-7-9-22-50)52-24-19-25-58(45-52)78(4,5)6)42-56(44-57)74(53-36-39-72-68(47-53)66-31-15-17-33-71(66)76-72)51-23-18-20-48(40-51)49-34-37-65-64-30-14-16-32-69(64)75(70(65)41-49)54-35-38-63-61-28-11-10-26-59(61)60-27-12-13-29-62(60)67(63)46-54/h7-47H,1-6H3. The van der Waals surface area contributed by atoms with Crippen molar-refractivity contribution in [2.24, 2.45) is 0 Å². The maximum atomic E-state index is 2.51. The van der Waals surface area contributed by atoms with Gasteiger partial charge in [-0.2, -0.15) is 0 Å². The Kier molecular flexibility index (Phi) is 11.5. The first-order chi connectivity index (χ1) is 37.9. The highest BCUT2D eigenvalue weighted by Crippen LogP contribution is 2.52. The zero-order valence-electron chi connectivity index (χ0n) is 44.8. The van der Waals surface area contributed by atoms with Gasteiger partial charge in [-0.1, -0.05) is 170 Å². The molecule has 78 heavy (non-hydrogen) atoms. The van der Waals surface area contributed by atoms with Crippen LogP contribution in [0.15, 0.2) is 254 Å². The van der Waals surface area contributed by atoms with Gasteiger partial charge >= 0.3 is 0 Å². The maximum Gasteiger partial charge on any atom is 0.0776 e. The molecule has 0 radical (unpaired) electrons. The van der Waals surface area contributed by atoms with Gasteiger partial charge in [-0.3, -0.25) is 0 Å². The summed E-state index contributed by atoms with van der Waals surface area (Å²) in [6.45, 7) is 7.31. The van der Waals surface area contributed by atoms with Crippen molar-refractivity contribution in [3.05, 3.63) is 249 Å². The summed E-state index contributed by atoms with van der Waals surface area (Å²) in [6, 6.07) is 93.4. The van der Waals surface area contributed by atoms with Crippen LogP contribution in [0.3, 0.4) is 0 Å². The molecular weight excluding hydrogens is 999 g/mol. The van der Waals surface area contributed by atoms with E-state index in [4.69, 9.17) is 0 Å². The molecule has 0 bridgehead atoms. The molecule has 0 saturated heterocycles. The van der Waals surface area contributed by atoms with Gasteiger partial charge in [-0.15, -0.1) is 11.3 Å². The van der Waals surface area contributed by atoms with Gasteiger partial charge in [0, 0.05) is 70.8 Å². The number of para-hydroxylation sites is 2. The molecule has 0 N–H and O–H groups in total. The smallest absolute Gasteiger partial charge is 0.0776 e. The van der Waals surface area contributed by atoms with E-state index in [1.54, 1.807) is 0 Å². The lowest BCUT2D eigenvalue weighted by Gasteiger charge is -2.34. The second kappa shape index (κ2) is 18.7. The zero-order valence-corrected chi connectivity index (χ0v) is 47.5. The van der Waals surface area contributed by atoms with Crippen molar-refractivity contribution in [2.45, 2.75) is 24.5 Å². The summed E-state index contributed by atoms with van der Waals surface area (Å²) in [6.07, 6.45) is 7.25. The van der Waals surface area contributed by atoms with Crippen LogP contribution in [-0.4, -0.2) is 31.4 Å². The maximum absolute atomic E-state index is 2.51. The first kappa shape index (κ1) is 48.0. The van der Waals surface area contributed by atoms with Crippen LogP contribution in [0.1, 0.15) is 0 Å². The molecule has 0 saturated carbocycles. The van der Waals surface area contributed by atoms with Crippen molar-refractivity contribution in [1.29, 1.82) is 0 Å². The third-order valence-electron chi connectivity index (χ3n) is 15.8. The normalized spacial score (nSPS) is 12.4. The number of fused-ring (bicyclic) bond motifs is 12. The molecule has 378 valence electrons. The Morgan fingerprint density at radius 2 is 0.859 bits per heavy atom. The van der Waals surface area contributed by atoms with E-state index in [2.05, 4.69) is 301 Å². The number of rotatable bonds is 10. The van der Waals surface area contributed by atoms with Crippen molar-refractivity contribution >= 4 is 143 Å². The van der Waals surface area contributed by atoms with E-state index >= 15 is 0 Å². The molecule has 0 amide bonds. The second-order valence-electron chi connectivity index (χ2n) is 22.6.